The third-order valence-electron chi connectivity index (χ3n) is 2.08. The van der Waals surface area contributed by atoms with Crippen LogP contribution in [0, 0.1) is 11.3 Å². The molecular formula is C13H13F3N2O2. The Morgan fingerprint density at radius 2 is 1.85 bits per heavy atom. The number of carbonyl (C=O) groups excluding carboxylic acids is 1. The van der Waals surface area contributed by atoms with Crippen LogP contribution in [0.25, 0.3) is 0 Å². The molecule has 0 aliphatic rings. The average molecular weight is 286 g/mol. The minimum absolute atomic E-state index is 0.135. The lowest BCUT2D eigenvalue weighted by Gasteiger charge is -2.28. The van der Waals surface area contributed by atoms with Gasteiger partial charge in [0, 0.05) is 5.56 Å². The molecule has 0 aromatic heterocycles. The van der Waals surface area contributed by atoms with Crippen LogP contribution in [0.2, 0.25) is 0 Å². The first-order valence-electron chi connectivity index (χ1n) is 5.30. The fourth-order valence-corrected chi connectivity index (χ4v) is 1.27. The summed E-state index contributed by atoms with van der Waals surface area (Å²) < 4.78 is 38.4. The largest absolute Gasteiger partial charge is 0.513 e. The highest BCUT2D eigenvalue weighted by Gasteiger charge is 2.57. The van der Waals surface area contributed by atoms with Gasteiger partial charge in [-0.05, 0) is 6.92 Å². The van der Waals surface area contributed by atoms with Gasteiger partial charge in [-0.25, -0.2) is 0 Å². The zero-order valence-corrected chi connectivity index (χ0v) is 10.6. The molecule has 0 spiro atoms. The van der Waals surface area contributed by atoms with Crippen molar-refractivity contribution >= 4 is 6.41 Å². The Balaban J connectivity index is 0.000000796. The highest BCUT2D eigenvalue weighted by Crippen LogP contribution is 2.38. The van der Waals surface area contributed by atoms with E-state index < -0.39 is 11.7 Å². The molecule has 1 atom stereocenters. The van der Waals surface area contributed by atoms with Crippen LogP contribution in [-0.2, 0) is 10.3 Å². The summed E-state index contributed by atoms with van der Waals surface area (Å²) >= 11 is 0. The molecule has 0 saturated carbocycles. The Bertz CT molecular complexity index is 491. The first kappa shape index (κ1) is 17.5. The summed E-state index contributed by atoms with van der Waals surface area (Å²) in [6.07, 6.45) is -5.02. The maximum Gasteiger partial charge on any atom is 0.429 e. The molecule has 108 valence electrons. The number of aliphatic hydroxyl groups excluding tert-OH is 1. The highest BCUT2D eigenvalue weighted by atomic mass is 19.4. The van der Waals surface area contributed by atoms with Gasteiger partial charge in [-0.1, -0.05) is 36.9 Å². The molecule has 0 heterocycles. The second kappa shape index (κ2) is 7.19. The van der Waals surface area contributed by atoms with E-state index in [0.717, 1.165) is 18.2 Å². The number of allylic oxidation sites excluding steroid dienone is 1. The molecule has 0 fully saturated rings. The van der Waals surface area contributed by atoms with Crippen LogP contribution in [0.15, 0.2) is 42.7 Å². The van der Waals surface area contributed by atoms with Crippen molar-refractivity contribution in [3.05, 3.63) is 48.2 Å². The Kier molecular flexibility index (Phi) is 6.29. The van der Waals surface area contributed by atoms with Crippen molar-refractivity contribution in [1.82, 2.24) is 5.32 Å². The molecule has 1 amide bonds. The minimum Gasteiger partial charge on any atom is -0.513 e. The molecule has 0 saturated heterocycles. The highest BCUT2D eigenvalue weighted by molar-refractivity contribution is 5.53. The van der Waals surface area contributed by atoms with E-state index in [1.807, 2.05) is 0 Å². The van der Waals surface area contributed by atoms with E-state index in [1.54, 1.807) is 0 Å². The Morgan fingerprint density at radius 3 is 2.15 bits per heavy atom. The minimum atomic E-state index is -4.88. The van der Waals surface area contributed by atoms with Gasteiger partial charge in [0.2, 0.25) is 11.9 Å². The zero-order valence-electron chi connectivity index (χ0n) is 10.6. The number of hydrogen-bond donors (Lipinski definition) is 2. The number of aliphatic hydroxyl groups is 1. The number of benzene rings is 1. The van der Waals surface area contributed by atoms with Gasteiger partial charge in [0.15, 0.2) is 0 Å². The van der Waals surface area contributed by atoms with Crippen molar-refractivity contribution in [1.29, 1.82) is 5.26 Å². The SMILES string of the molecule is C=C(C)O.N#CC(NC=O)(c1ccccc1)C(F)(F)F. The topological polar surface area (TPSA) is 73.1 Å². The molecule has 0 aliphatic heterocycles. The first-order valence-corrected chi connectivity index (χ1v) is 5.30. The maximum atomic E-state index is 12.8. The number of nitriles is 1. The summed E-state index contributed by atoms with van der Waals surface area (Å²) in [5.74, 6) is 0.167. The van der Waals surface area contributed by atoms with Gasteiger partial charge in [0.25, 0.3) is 0 Å². The molecule has 0 radical (unpaired) electrons. The number of rotatable bonds is 3. The second-order valence-corrected chi connectivity index (χ2v) is 3.72. The number of nitrogens with one attached hydrogen (secondary N) is 1. The van der Waals surface area contributed by atoms with Crippen LogP contribution in [0.1, 0.15) is 12.5 Å². The number of amides is 1. The number of hydrogen-bond acceptors (Lipinski definition) is 3. The molecule has 0 bridgehead atoms. The molecule has 1 unspecified atom stereocenters. The summed E-state index contributed by atoms with van der Waals surface area (Å²) in [5, 5.41) is 18.1. The molecule has 7 heteroatoms. The summed E-state index contributed by atoms with van der Waals surface area (Å²) in [4.78, 5) is 10.2. The van der Waals surface area contributed by atoms with E-state index in [1.165, 1.54) is 30.4 Å². The number of halogens is 3. The van der Waals surface area contributed by atoms with Crippen molar-refractivity contribution in [2.75, 3.05) is 0 Å². The van der Waals surface area contributed by atoms with Gasteiger partial charge in [-0.15, -0.1) is 0 Å². The quantitative estimate of drug-likeness (QED) is 0.663. The van der Waals surface area contributed by atoms with Crippen molar-refractivity contribution in [3.8, 4) is 6.07 Å². The van der Waals surface area contributed by atoms with Gasteiger partial charge in [0.05, 0.1) is 5.76 Å². The molecule has 1 aromatic rings. The molecule has 0 aliphatic carbocycles. The predicted molar refractivity (Wildman–Crippen MR) is 66.4 cm³/mol. The van der Waals surface area contributed by atoms with Crippen molar-refractivity contribution in [2.24, 2.45) is 0 Å². The first-order chi connectivity index (χ1) is 9.21. The Morgan fingerprint density at radius 1 is 1.40 bits per heavy atom. The number of alkyl halides is 3. The van der Waals surface area contributed by atoms with Crippen LogP contribution in [0.4, 0.5) is 13.2 Å². The van der Waals surface area contributed by atoms with Crippen LogP contribution < -0.4 is 5.32 Å². The van der Waals surface area contributed by atoms with Gasteiger partial charge >= 0.3 is 6.18 Å². The average Bonchev–Trinajstić information content (AvgIpc) is 2.35. The van der Waals surface area contributed by atoms with Crippen LogP contribution in [0.5, 0.6) is 0 Å². The van der Waals surface area contributed by atoms with Crippen LogP contribution in [-0.4, -0.2) is 17.7 Å². The summed E-state index contributed by atoms with van der Waals surface area (Å²) in [5.41, 5.74) is -3.31. The molecule has 2 N–H and O–H groups in total. The van der Waals surface area contributed by atoms with Gasteiger partial charge in [-0.2, -0.15) is 18.4 Å². The fourth-order valence-electron chi connectivity index (χ4n) is 1.27. The number of carbonyl (C=O) groups is 1. The van der Waals surface area contributed by atoms with E-state index in [2.05, 4.69) is 6.58 Å². The van der Waals surface area contributed by atoms with Crippen molar-refractivity contribution in [3.63, 3.8) is 0 Å². The lowest BCUT2D eigenvalue weighted by molar-refractivity contribution is -0.183. The molecule has 1 aromatic carbocycles. The molecular weight excluding hydrogens is 273 g/mol. The maximum absolute atomic E-state index is 12.8. The van der Waals surface area contributed by atoms with Crippen molar-refractivity contribution < 1.29 is 23.1 Å². The standard InChI is InChI=1S/C10H7F3N2O.C3H6O/c11-10(12,13)9(6-14,15-7-16)8-4-2-1-3-5-8;1-3(2)4/h1-5,7H,(H,15,16);4H,1H2,2H3. The lowest BCUT2D eigenvalue weighted by Crippen LogP contribution is -2.52. The van der Waals surface area contributed by atoms with Crippen LogP contribution in [0.3, 0.4) is 0 Å². The summed E-state index contributed by atoms with van der Waals surface area (Å²) in [6, 6.07) is 7.61. The normalized spacial score (nSPS) is 12.9. The van der Waals surface area contributed by atoms with Crippen molar-refractivity contribution in [2.45, 2.75) is 18.6 Å². The summed E-state index contributed by atoms with van der Waals surface area (Å²) in [6.45, 7) is 4.64. The summed E-state index contributed by atoms with van der Waals surface area (Å²) in [7, 11) is 0. The predicted octanol–water partition coefficient (Wildman–Crippen LogP) is 2.79. The van der Waals surface area contributed by atoms with E-state index in [-0.39, 0.29) is 17.7 Å². The number of nitrogens with zero attached hydrogens (tertiary/aromatic N) is 1. The van der Waals surface area contributed by atoms with E-state index in [9.17, 15) is 18.0 Å². The molecule has 4 nitrogen and oxygen atoms in total. The van der Waals surface area contributed by atoms with Gasteiger partial charge in [0.1, 0.15) is 6.07 Å². The Labute approximate surface area is 114 Å². The Hall–Kier alpha value is -2.49. The second-order valence-electron chi connectivity index (χ2n) is 3.72. The molecule has 20 heavy (non-hydrogen) atoms. The smallest absolute Gasteiger partial charge is 0.429 e. The van der Waals surface area contributed by atoms with E-state index >= 15 is 0 Å². The van der Waals surface area contributed by atoms with E-state index in [0.29, 0.717) is 0 Å². The third-order valence-corrected chi connectivity index (χ3v) is 2.08. The van der Waals surface area contributed by atoms with Gasteiger partial charge in [-0.3, -0.25) is 4.79 Å². The lowest BCUT2D eigenvalue weighted by atomic mass is 9.91. The third kappa shape index (κ3) is 4.31. The monoisotopic (exact) mass is 286 g/mol. The van der Waals surface area contributed by atoms with Gasteiger partial charge < -0.3 is 10.4 Å². The zero-order chi connectivity index (χ0) is 15.8. The van der Waals surface area contributed by atoms with E-state index in [4.69, 9.17) is 10.4 Å². The fraction of sp³-hybridized carbons (Fsp3) is 0.231. The molecule has 1 rings (SSSR count). The van der Waals surface area contributed by atoms with Crippen LogP contribution >= 0.6 is 0 Å².